The summed E-state index contributed by atoms with van der Waals surface area (Å²) in [5.41, 5.74) is 0.435. The molecule has 0 atom stereocenters. The van der Waals surface area contributed by atoms with Crippen LogP contribution in [0.15, 0.2) is 53.3 Å². The van der Waals surface area contributed by atoms with Crippen LogP contribution in [-0.4, -0.2) is 37.5 Å². The molecule has 0 amide bonds. The topological polar surface area (TPSA) is 69.1 Å². The Morgan fingerprint density at radius 2 is 1.63 bits per heavy atom. The second kappa shape index (κ2) is 10.6. The minimum absolute atomic E-state index is 0.0546. The van der Waals surface area contributed by atoms with Crippen molar-refractivity contribution >= 4 is 35.0 Å². The van der Waals surface area contributed by atoms with E-state index in [-0.39, 0.29) is 17.1 Å². The second-order valence-electron chi connectivity index (χ2n) is 11.6. The Balaban J connectivity index is 1.46. The summed E-state index contributed by atoms with van der Waals surface area (Å²) in [7, 11) is 0. The van der Waals surface area contributed by atoms with Crippen molar-refractivity contribution in [2.75, 3.05) is 0 Å². The Kier molecular flexibility index (Phi) is 6.94. The molecule has 2 bridgehead atoms. The molecule has 0 aliphatic carbocycles. The summed E-state index contributed by atoms with van der Waals surface area (Å²) >= 11 is 6.05. The van der Waals surface area contributed by atoms with E-state index in [2.05, 4.69) is 15.2 Å². The van der Waals surface area contributed by atoms with Gasteiger partial charge in [0.1, 0.15) is 29.4 Å². The Morgan fingerprint density at radius 3 is 2.26 bits per heavy atom. The van der Waals surface area contributed by atoms with Crippen molar-refractivity contribution < 1.29 is 26.4 Å². The van der Waals surface area contributed by atoms with Crippen LogP contribution < -0.4 is 0 Å². The number of nitrogens with zero attached hydrogens (tertiary/aromatic N) is 5. The third-order valence-electron chi connectivity index (χ3n) is 9.27. The van der Waals surface area contributed by atoms with Crippen LogP contribution in [0.5, 0.6) is 0 Å². The third kappa shape index (κ3) is 4.87. The fraction of sp³-hybridized carbons (Fsp3) is 0.400. The van der Waals surface area contributed by atoms with Crippen LogP contribution in [0.3, 0.4) is 0 Å². The van der Waals surface area contributed by atoms with Crippen LogP contribution in [0.4, 0.5) is 22.0 Å². The molecule has 0 spiro atoms. The van der Waals surface area contributed by atoms with E-state index in [4.69, 9.17) is 21.0 Å². The molecule has 2 aliphatic heterocycles. The Labute approximate surface area is 248 Å². The number of hydrogen-bond donors (Lipinski definition) is 0. The standard InChI is InChI=1S/C30H26BClF5N5O/c32-20-9-7-17(8-10-20)22-15-24(29(33,34)30(35,36)37)39-27-21(22)11-12-25-40-26(28-41-38-16-43-28)23(42(25)27)13-14-31-18-3-1-4-19(31)6-2-5-18/h7-12,15-16,18-19H,1-6,13-14H2. The van der Waals surface area contributed by atoms with E-state index in [1.807, 2.05) is 0 Å². The van der Waals surface area contributed by atoms with Crippen molar-refractivity contribution in [3.05, 3.63) is 65.3 Å². The molecule has 2 saturated heterocycles. The molecule has 13 heteroatoms. The molecule has 2 aliphatic rings. The van der Waals surface area contributed by atoms with Crippen molar-refractivity contribution in [1.29, 1.82) is 0 Å². The fourth-order valence-corrected chi connectivity index (χ4v) is 7.42. The van der Waals surface area contributed by atoms with Gasteiger partial charge in [-0.15, -0.1) is 10.2 Å². The molecule has 222 valence electrons. The molecule has 6 heterocycles. The zero-order valence-corrected chi connectivity index (χ0v) is 23.7. The summed E-state index contributed by atoms with van der Waals surface area (Å²) in [4.78, 5) is 8.71. The molecule has 0 radical (unpaired) electrons. The molecule has 5 aromatic rings. The number of hydrogen-bond acceptors (Lipinski definition) is 5. The van der Waals surface area contributed by atoms with Gasteiger partial charge in [-0.3, -0.25) is 4.40 Å². The number of rotatable bonds is 6. The molecule has 1 aromatic carbocycles. The summed E-state index contributed by atoms with van der Waals surface area (Å²) in [5.74, 6) is -3.80. The van der Waals surface area contributed by atoms with Gasteiger partial charge in [0.15, 0.2) is 0 Å². The molecule has 43 heavy (non-hydrogen) atoms. The lowest BCUT2D eigenvalue weighted by Crippen LogP contribution is -2.35. The molecule has 0 saturated carbocycles. The first-order valence-electron chi connectivity index (χ1n) is 14.4. The maximum atomic E-state index is 14.9. The van der Waals surface area contributed by atoms with Crippen molar-refractivity contribution in [2.45, 2.75) is 75.0 Å². The molecular weight excluding hydrogens is 588 g/mol. The van der Waals surface area contributed by atoms with Crippen molar-refractivity contribution in [3.63, 3.8) is 0 Å². The van der Waals surface area contributed by atoms with Crippen LogP contribution in [0.1, 0.15) is 49.9 Å². The molecular formula is C30H26BClF5N5O. The van der Waals surface area contributed by atoms with Gasteiger partial charge in [0, 0.05) is 10.4 Å². The second-order valence-corrected chi connectivity index (χ2v) is 12.1. The number of aryl methyl sites for hydroxylation is 1. The van der Waals surface area contributed by atoms with Crippen molar-refractivity contribution in [2.24, 2.45) is 0 Å². The average molecular weight is 614 g/mol. The summed E-state index contributed by atoms with van der Waals surface area (Å²) < 4.78 is 78.0. The van der Waals surface area contributed by atoms with Gasteiger partial charge in [-0.05, 0) is 47.9 Å². The number of fused-ring (bicyclic) bond motifs is 5. The van der Waals surface area contributed by atoms with Gasteiger partial charge in [-0.2, -0.15) is 22.0 Å². The highest BCUT2D eigenvalue weighted by Crippen LogP contribution is 2.49. The lowest BCUT2D eigenvalue weighted by Gasteiger charge is -2.40. The van der Waals surface area contributed by atoms with Gasteiger partial charge >= 0.3 is 12.1 Å². The average Bonchev–Trinajstić information content (AvgIpc) is 3.63. The molecule has 2 fully saturated rings. The first-order valence-corrected chi connectivity index (χ1v) is 14.8. The summed E-state index contributed by atoms with van der Waals surface area (Å²) in [5, 5.41) is 8.62. The predicted molar refractivity (Wildman–Crippen MR) is 154 cm³/mol. The zero-order chi connectivity index (χ0) is 29.9. The molecule has 4 aromatic heterocycles. The Hall–Kier alpha value is -3.54. The Bertz CT molecular complexity index is 1770. The number of imidazole rings is 1. The van der Waals surface area contributed by atoms with Gasteiger partial charge in [-0.25, -0.2) is 9.97 Å². The van der Waals surface area contributed by atoms with Crippen LogP contribution in [-0.2, 0) is 12.3 Å². The van der Waals surface area contributed by atoms with Gasteiger partial charge in [0.25, 0.3) is 5.89 Å². The molecule has 0 unspecified atom stereocenters. The van der Waals surface area contributed by atoms with E-state index in [0.717, 1.165) is 12.4 Å². The van der Waals surface area contributed by atoms with Crippen LogP contribution >= 0.6 is 11.6 Å². The maximum Gasteiger partial charge on any atom is 0.459 e. The number of benzene rings is 1. The molecule has 6 nitrogen and oxygen atoms in total. The summed E-state index contributed by atoms with van der Waals surface area (Å²) in [6, 6.07) is 10.4. The third-order valence-corrected chi connectivity index (χ3v) is 9.52. The summed E-state index contributed by atoms with van der Waals surface area (Å²) in [6.07, 6.45) is 3.86. The van der Waals surface area contributed by atoms with E-state index in [1.54, 1.807) is 40.8 Å². The highest BCUT2D eigenvalue weighted by molar-refractivity contribution is 6.62. The number of pyridine rings is 2. The van der Waals surface area contributed by atoms with Gasteiger partial charge in [0.2, 0.25) is 6.39 Å². The van der Waals surface area contributed by atoms with E-state index in [9.17, 15) is 22.0 Å². The monoisotopic (exact) mass is 613 g/mol. The highest BCUT2D eigenvalue weighted by atomic mass is 35.5. The largest absolute Gasteiger partial charge is 0.459 e. The maximum absolute atomic E-state index is 14.9. The first-order chi connectivity index (χ1) is 20.6. The van der Waals surface area contributed by atoms with Crippen molar-refractivity contribution in [3.8, 4) is 22.7 Å². The fourth-order valence-electron chi connectivity index (χ4n) is 7.30. The quantitative estimate of drug-likeness (QED) is 0.141. The van der Waals surface area contributed by atoms with Crippen LogP contribution in [0.2, 0.25) is 23.0 Å². The van der Waals surface area contributed by atoms with Crippen LogP contribution in [0.25, 0.3) is 39.4 Å². The van der Waals surface area contributed by atoms with E-state index in [1.165, 1.54) is 44.9 Å². The molecule has 0 N–H and O–H groups in total. The normalized spacial score (nSPS) is 19.4. The SMILES string of the molecule is FC(F)(F)C(F)(F)c1cc(-c2ccc(Cl)cc2)c2ccc3nc(-c4nnco4)c(CCB4C5CCCC4CCC5)n3c2n1. The van der Waals surface area contributed by atoms with Gasteiger partial charge in [0.05, 0.1) is 5.69 Å². The van der Waals surface area contributed by atoms with E-state index >= 15 is 0 Å². The van der Waals surface area contributed by atoms with Gasteiger partial charge in [-0.1, -0.05) is 80.2 Å². The lowest BCUT2D eigenvalue weighted by atomic mass is 9.26. The van der Waals surface area contributed by atoms with E-state index < -0.39 is 17.8 Å². The Morgan fingerprint density at radius 1 is 0.930 bits per heavy atom. The smallest absolute Gasteiger partial charge is 0.422 e. The molecule has 7 rings (SSSR count). The number of halogens is 6. The first kappa shape index (κ1) is 28.2. The minimum Gasteiger partial charge on any atom is -0.422 e. The number of aromatic nitrogens is 5. The zero-order valence-electron chi connectivity index (χ0n) is 22.9. The van der Waals surface area contributed by atoms with E-state index in [0.29, 0.717) is 57.8 Å². The number of alkyl halides is 5. The minimum atomic E-state index is -5.84. The van der Waals surface area contributed by atoms with Crippen molar-refractivity contribution in [1.82, 2.24) is 24.6 Å². The lowest BCUT2D eigenvalue weighted by molar-refractivity contribution is -0.290. The van der Waals surface area contributed by atoms with Gasteiger partial charge < -0.3 is 4.42 Å². The van der Waals surface area contributed by atoms with Crippen LogP contribution in [0, 0.1) is 0 Å². The predicted octanol–water partition coefficient (Wildman–Crippen LogP) is 9.05. The highest BCUT2D eigenvalue weighted by Gasteiger charge is 2.60. The summed E-state index contributed by atoms with van der Waals surface area (Å²) in [6.45, 7) is 0.501.